The van der Waals surface area contributed by atoms with E-state index in [1.54, 1.807) is 0 Å². The summed E-state index contributed by atoms with van der Waals surface area (Å²) in [6.07, 6.45) is 0.415. The first kappa shape index (κ1) is 19.3. The number of aliphatic imine (C=N–C) groups is 1. The number of nitrogens with zero attached hydrogens (tertiary/aromatic N) is 3. The molecule has 2 N–H and O–H groups in total. The summed E-state index contributed by atoms with van der Waals surface area (Å²) in [4.78, 5) is 5.64. The lowest BCUT2D eigenvalue weighted by molar-refractivity contribution is -0.143. The lowest BCUT2D eigenvalue weighted by atomic mass is 10.4. The Morgan fingerprint density at radius 3 is 2.52 bits per heavy atom. The van der Waals surface area contributed by atoms with Crippen LogP contribution in [0.1, 0.15) is 13.3 Å². The van der Waals surface area contributed by atoms with Gasteiger partial charge in [0.25, 0.3) is 0 Å². The molecule has 1 heterocycles. The van der Waals surface area contributed by atoms with Gasteiger partial charge in [-0.3, -0.25) is 9.89 Å². The zero-order chi connectivity index (χ0) is 17.1. The van der Waals surface area contributed by atoms with Crippen LogP contribution in [0.2, 0.25) is 0 Å². The lowest BCUT2D eigenvalue weighted by Gasteiger charge is -2.18. The summed E-state index contributed by atoms with van der Waals surface area (Å²) < 4.78 is 38.7. The van der Waals surface area contributed by atoms with Crippen LogP contribution in [0.5, 0.6) is 0 Å². The van der Waals surface area contributed by atoms with Crippen LogP contribution >= 0.6 is 0 Å². The van der Waals surface area contributed by atoms with E-state index in [0.717, 1.165) is 19.6 Å². The smallest absolute Gasteiger partial charge is 0.357 e. The van der Waals surface area contributed by atoms with Crippen LogP contribution in [0.15, 0.2) is 29.5 Å². The summed E-state index contributed by atoms with van der Waals surface area (Å²) in [7, 11) is 1.47. The average molecular weight is 333 g/mol. The molecule has 0 aromatic carbocycles. The molecule has 5 nitrogen and oxygen atoms in total. The molecular weight excluding hydrogens is 307 g/mol. The van der Waals surface area contributed by atoms with Crippen LogP contribution in [-0.2, 0) is 6.54 Å². The van der Waals surface area contributed by atoms with Crippen LogP contribution in [0.25, 0.3) is 0 Å². The number of rotatable bonds is 9. The maximum Gasteiger partial charge on any atom is 0.401 e. The number of guanidine groups is 1. The summed E-state index contributed by atoms with van der Waals surface area (Å²) in [5.41, 5.74) is 0. The van der Waals surface area contributed by atoms with E-state index in [1.807, 2.05) is 31.5 Å². The van der Waals surface area contributed by atoms with E-state index in [1.165, 1.54) is 11.9 Å². The van der Waals surface area contributed by atoms with Crippen molar-refractivity contribution in [3.63, 3.8) is 0 Å². The molecule has 1 aromatic heterocycles. The number of aromatic nitrogens is 1. The number of alkyl halides is 3. The van der Waals surface area contributed by atoms with Crippen molar-refractivity contribution < 1.29 is 13.2 Å². The second-order valence-electron chi connectivity index (χ2n) is 5.31. The zero-order valence-corrected chi connectivity index (χ0v) is 13.7. The van der Waals surface area contributed by atoms with Gasteiger partial charge in [0.1, 0.15) is 0 Å². The fourth-order valence-electron chi connectivity index (χ4n) is 2.08. The second kappa shape index (κ2) is 10.1. The van der Waals surface area contributed by atoms with Crippen molar-refractivity contribution in [3.8, 4) is 0 Å². The Hall–Kier alpha value is -1.70. The maximum absolute atomic E-state index is 12.2. The van der Waals surface area contributed by atoms with Crippen LogP contribution in [0.3, 0.4) is 0 Å². The van der Waals surface area contributed by atoms with Gasteiger partial charge in [0.15, 0.2) is 5.96 Å². The molecule has 0 spiro atoms. The second-order valence-corrected chi connectivity index (χ2v) is 5.31. The quantitative estimate of drug-likeness (QED) is 0.412. The first-order valence-corrected chi connectivity index (χ1v) is 7.79. The molecule has 0 atom stereocenters. The highest BCUT2D eigenvalue weighted by molar-refractivity contribution is 5.79. The maximum atomic E-state index is 12.2. The largest absolute Gasteiger partial charge is 0.401 e. The van der Waals surface area contributed by atoms with E-state index in [4.69, 9.17) is 0 Å². The van der Waals surface area contributed by atoms with Crippen LogP contribution in [-0.4, -0.2) is 61.4 Å². The Bertz CT molecular complexity index is 442. The minimum atomic E-state index is -4.15. The summed E-state index contributed by atoms with van der Waals surface area (Å²) in [6, 6.07) is 3.94. The third-order valence-electron chi connectivity index (χ3n) is 3.09. The molecule has 0 fully saturated rings. The van der Waals surface area contributed by atoms with Crippen molar-refractivity contribution in [2.75, 3.05) is 39.8 Å². The molecule has 1 aromatic rings. The average Bonchev–Trinajstić information content (AvgIpc) is 2.94. The van der Waals surface area contributed by atoms with Crippen molar-refractivity contribution in [3.05, 3.63) is 24.5 Å². The minimum Gasteiger partial charge on any atom is -0.357 e. The number of hydrogen-bond donors (Lipinski definition) is 2. The van der Waals surface area contributed by atoms with Crippen molar-refractivity contribution in [2.24, 2.45) is 4.99 Å². The molecule has 0 aliphatic rings. The molecule has 1 rings (SSSR count). The van der Waals surface area contributed by atoms with Gasteiger partial charge < -0.3 is 15.2 Å². The van der Waals surface area contributed by atoms with Crippen LogP contribution < -0.4 is 10.6 Å². The number of halogens is 3. The molecule has 0 amide bonds. The molecule has 0 aliphatic heterocycles. The Morgan fingerprint density at radius 1 is 1.22 bits per heavy atom. The highest BCUT2D eigenvalue weighted by Gasteiger charge is 2.28. The molecule has 8 heteroatoms. The van der Waals surface area contributed by atoms with Gasteiger partial charge >= 0.3 is 6.18 Å². The van der Waals surface area contributed by atoms with Gasteiger partial charge in [0.2, 0.25) is 0 Å². The predicted octanol–water partition coefficient (Wildman–Crippen LogP) is 1.93. The molecule has 0 aliphatic carbocycles. The zero-order valence-electron chi connectivity index (χ0n) is 13.7. The van der Waals surface area contributed by atoms with E-state index < -0.39 is 12.7 Å². The summed E-state index contributed by atoms with van der Waals surface area (Å²) in [5.74, 6) is 0.693. The minimum absolute atomic E-state index is 0.367. The van der Waals surface area contributed by atoms with Gasteiger partial charge in [0, 0.05) is 38.6 Å². The first-order chi connectivity index (χ1) is 10.9. The fraction of sp³-hybridized carbons (Fsp3) is 0.667. The Morgan fingerprint density at radius 2 is 1.91 bits per heavy atom. The van der Waals surface area contributed by atoms with E-state index in [9.17, 15) is 13.2 Å². The first-order valence-electron chi connectivity index (χ1n) is 7.79. The third kappa shape index (κ3) is 9.83. The Labute approximate surface area is 135 Å². The Kier molecular flexibility index (Phi) is 8.53. The monoisotopic (exact) mass is 333 g/mol. The van der Waals surface area contributed by atoms with Gasteiger partial charge in [-0.25, -0.2) is 0 Å². The summed E-state index contributed by atoms with van der Waals surface area (Å²) in [6.45, 7) is 4.24. The normalized spacial score (nSPS) is 12.7. The lowest BCUT2D eigenvalue weighted by Crippen LogP contribution is -2.39. The highest BCUT2D eigenvalue weighted by atomic mass is 19.4. The van der Waals surface area contributed by atoms with Gasteiger partial charge in [-0.15, -0.1) is 0 Å². The van der Waals surface area contributed by atoms with Gasteiger partial charge in [-0.2, -0.15) is 13.2 Å². The third-order valence-corrected chi connectivity index (χ3v) is 3.09. The highest BCUT2D eigenvalue weighted by Crippen LogP contribution is 2.15. The number of nitrogens with one attached hydrogen (secondary N) is 2. The Balaban J connectivity index is 2.25. The van der Waals surface area contributed by atoms with E-state index in [-0.39, 0.29) is 0 Å². The van der Waals surface area contributed by atoms with Crippen molar-refractivity contribution >= 4 is 5.96 Å². The van der Waals surface area contributed by atoms with E-state index >= 15 is 0 Å². The van der Waals surface area contributed by atoms with Crippen molar-refractivity contribution in [1.29, 1.82) is 0 Å². The molecule has 0 bridgehead atoms. The molecule has 0 saturated carbocycles. The van der Waals surface area contributed by atoms with Crippen LogP contribution in [0.4, 0.5) is 13.2 Å². The summed E-state index contributed by atoms with van der Waals surface area (Å²) in [5, 5.41) is 6.33. The number of hydrogen-bond acceptors (Lipinski definition) is 2. The predicted molar refractivity (Wildman–Crippen MR) is 86.6 cm³/mol. The standard InChI is InChI=1S/C15H26F3N5/c1-3-19-14(21-8-12-23-10-4-5-11-23)20-7-6-9-22(2)13-15(16,17)18/h4-5,10-11H,3,6-9,12-13H2,1-2H3,(H2,19,20,21). The van der Waals surface area contributed by atoms with Crippen molar-refractivity contribution in [2.45, 2.75) is 26.1 Å². The van der Waals surface area contributed by atoms with Gasteiger partial charge in [-0.05, 0) is 39.1 Å². The molecule has 0 radical (unpaired) electrons. The molecular formula is C15H26F3N5. The fourth-order valence-corrected chi connectivity index (χ4v) is 2.08. The summed E-state index contributed by atoms with van der Waals surface area (Å²) >= 11 is 0. The van der Waals surface area contributed by atoms with E-state index in [2.05, 4.69) is 20.2 Å². The molecule has 23 heavy (non-hydrogen) atoms. The van der Waals surface area contributed by atoms with E-state index in [0.29, 0.717) is 25.5 Å². The molecule has 0 unspecified atom stereocenters. The molecule has 0 saturated heterocycles. The molecule has 132 valence electrons. The van der Waals surface area contributed by atoms with Gasteiger partial charge in [0.05, 0.1) is 6.54 Å². The van der Waals surface area contributed by atoms with Gasteiger partial charge in [-0.1, -0.05) is 0 Å². The topological polar surface area (TPSA) is 44.6 Å². The van der Waals surface area contributed by atoms with Crippen molar-refractivity contribution in [1.82, 2.24) is 20.1 Å². The SMILES string of the molecule is CCNC(=NCCCN(C)CC(F)(F)F)NCCn1cccc1. The van der Waals surface area contributed by atoms with Crippen LogP contribution in [0, 0.1) is 0 Å².